The largest absolute Gasteiger partial charge is 0.465 e. The fourth-order valence-corrected chi connectivity index (χ4v) is 4.98. The van der Waals surface area contributed by atoms with Gasteiger partial charge in [-0.1, -0.05) is 0 Å². The Morgan fingerprint density at radius 3 is 2.72 bits per heavy atom. The van der Waals surface area contributed by atoms with E-state index in [0.29, 0.717) is 31.5 Å². The summed E-state index contributed by atoms with van der Waals surface area (Å²) >= 11 is 0. The van der Waals surface area contributed by atoms with Crippen molar-refractivity contribution in [2.24, 2.45) is 11.7 Å². The third kappa shape index (κ3) is 4.86. The molecule has 1 fully saturated rings. The van der Waals surface area contributed by atoms with Crippen molar-refractivity contribution in [2.75, 3.05) is 11.9 Å². The Morgan fingerprint density at radius 1 is 1.36 bits per heavy atom. The first-order valence-electron chi connectivity index (χ1n) is 11.5. The van der Waals surface area contributed by atoms with E-state index in [4.69, 9.17) is 5.73 Å². The maximum atomic E-state index is 13.3. The second-order valence-electron chi connectivity index (χ2n) is 9.00. The molecule has 3 atom stereocenters. The van der Waals surface area contributed by atoms with Gasteiger partial charge in [0, 0.05) is 37.4 Å². The van der Waals surface area contributed by atoms with Crippen molar-refractivity contribution in [3.05, 3.63) is 60.3 Å². The van der Waals surface area contributed by atoms with Crippen LogP contribution in [0, 0.1) is 23.1 Å². The number of rotatable bonds is 8. The molecule has 0 bridgehead atoms. The van der Waals surface area contributed by atoms with E-state index >= 15 is 0 Å². The van der Waals surface area contributed by atoms with E-state index in [0.717, 1.165) is 0 Å². The standard InChI is InChI=1S/C24H27FN8O3/c1-24(9-2-11-31-12-3-10-28-31)20(16(14-26)8-13-32(24)23(35)36)33-15-19(21(27)34)22(30-33)29-18-6-4-17(25)5-7-18/h3-7,10,12,15-16,20H,2,8-9,11,13H2,1H3,(H2,27,34)(H,29,30)(H,35,36)/t16-,20-,24?/m1/s1. The Balaban J connectivity index is 1.72. The second-order valence-corrected chi connectivity index (χ2v) is 9.00. The Kier molecular flexibility index (Phi) is 6.91. The first kappa shape index (κ1) is 24.7. The van der Waals surface area contributed by atoms with Crippen molar-refractivity contribution in [2.45, 2.75) is 44.3 Å². The average Bonchev–Trinajstić information content (AvgIpc) is 3.50. The van der Waals surface area contributed by atoms with Gasteiger partial charge < -0.3 is 21.1 Å². The Morgan fingerprint density at radius 2 is 2.11 bits per heavy atom. The number of nitrogens with one attached hydrogen (secondary N) is 1. The fourth-order valence-electron chi connectivity index (χ4n) is 4.98. The number of carboxylic acid groups (broad SMARTS) is 1. The molecule has 11 nitrogen and oxygen atoms in total. The predicted molar refractivity (Wildman–Crippen MR) is 128 cm³/mol. The summed E-state index contributed by atoms with van der Waals surface area (Å²) in [6.45, 7) is 2.58. The van der Waals surface area contributed by atoms with Gasteiger partial charge in [-0.25, -0.2) is 9.18 Å². The number of hydrogen-bond donors (Lipinski definition) is 3. The van der Waals surface area contributed by atoms with Crippen molar-refractivity contribution in [3.8, 4) is 6.07 Å². The Labute approximate surface area is 206 Å². The monoisotopic (exact) mass is 494 g/mol. The molecule has 4 rings (SSSR count). The number of carbonyl (C=O) groups excluding carboxylic acids is 1. The molecule has 4 N–H and O–H groups in total. The summed E-state index contributed by atoms with van der Waals surface area (Å²) < 4.78 is 16.6. The highest BCUT2D eigenvalue weighted by molar-refractivity contribution is 5.98. The van der Waals surface area contributed by atoms with Crippen LogP contribution in [-0.2, 0) is 6.54 Å². The van der Waals surface area contributed by atoms with Crippen LogP contribution in [0.4, 0.5) is 20.7 Å². The minimum Gasteiger partial charge on any atom is -0.465 e. The zero-order valence-electron chi connectivity index (χ0n) is 19.7. The van der Waals surface area contributed by atoms with Crippen LogP contribution >= 0.6 is 0 Å². The number of piperidine rings is 1. The van der Waals surface area contributed by atoms with E-state index in [-0.39, 0.29) is 17.9 Å². The van der Waals surface area contributed by atoms with Gasteiger partial charge in [0.1, 0.15) is 11.4 Å². The van der Waals surface area contributed by atoms with Crippen LogP contribution in [0.15, 0.2) is 48.9 Å². The van der Waals surface area contributed by atoms with Gasteiger partial charge in [0.25, 0.3) is 5.91 Å². The highest BCUT2D eigenvalue weighted by atomic mass is 19.1. The van der Waals surface area contributed by atoms with Gasteiger partial charge in [-0.3, -0.25) is 14.2 Å². The zero-order chi connectivity index (χ0) is 25.9. The van der Waals surface area contributed by atoms with Gasteiger partial charge in [-0.2, -0.15) is 15.5 Å². The van der Waals surface area contributed by atoms with Crippen molar-refractivity contribution in [1.82, 2.24) is 24.5 Å². The summed E-state index contributed by atoms with van der Waals surface area (Å²) in [5, 5.41) is 31.7. The first-order chi connectivity index (χ1) is 17.2. The third-order valence-corrected chi connectivity index (χ3v) is 6.71. The summed E-state index contributed by atoms with van der Waals surface area (Å²) in [6.07, 6.45) is 5.19. The first-order valence-corrected chi connectivity index (χ1v) is 11.5. The lowest BCUT2D eigenvalue weighted by atomic mass is 9.74. The van der Waals surface area contributed by atoms with Crippen LogP contribution in [0.2, 0.25) is 0 Å². The molecule has 36 heavy (non-hydrogen) atoms. The molecule has 0 radical (unpaired) electrons. The highest BCUT2D eigenvalue weighted by Crippen LogP contribution is 2.44. The molecule has 1 unspecified atom stereocenters. The van der Waals surface area contributed by atoms with Crippen LogP contribution in [0.1, 0.15) is 42.6 Å². The molecule has 1 saturated heterocycles. The molecule has 12 heteroatoms. The topological polar surface area (TPSA) is 155 Å². The van der Waals surface area contributed by atoms with Crippen molar-refractivity contribution < 1.29 is 19.1 Å². The van der Waals surface area contributed by atoms with Gasteiger partial charge in [-0.05, 0) is 56.5 Å². The molecule has 2 amide bonds. The molecular formula is C24H27FN8O3. The number of halogens is 1. The smallest absolute Gasteiger partial charge is 0.407 e. The molecule has 0 spiro atoms. The maximum absolute atomic E-state index is 13.3. The second kappa shape index (κ2) is 10.1. The summed E-state index contributed by atoms with van der Waals surface area (Å²) in [5.74, 6) is -1.59. The molecule has 2 aromatic heterocycles. The van der Waals surface area contributed by atoms with Gasteiger partial charge in [0.15, 0.2) is 5.82 Å². The number of nitriles is 1. The molecule has 0 aliphatic carbocycles. The average molecular weight is 495 g/mol. The van der Waals surface area contributed by atoms with Gasteiger partial charge >= 0.3 is 6.09 Å². The van der Waals surface area contributed by atoms with E-state index in [2.05, 4.69) is 21.6 Å². The molecule has 0 saturated carbocycles. The van der Waals surface area contributed by atoms with Crippen molar-refractivity contribution >= 4 is 23.5 Å². The van der Waals surface area contributed by atoms with Gasteiger partial charge in [-0.15, -0.1) is 0 Å². The lowest BCUT2D eigenvalue weighted by Crippen LogP contribution is -2.60. The summed E-state index contributed by atoms with van der Waals surface area (Å²) in [5.41, 5.74) is 5.16. The van der Waals surface area contributed by atoms with E-state index in [9.17, 15) is 24.3 Å². The number of nitrogens with zero attached hydrogens (tertiary/aromatic N) is 6. The third-order valence-electron chi connectivity index (χ3n) is 6.71. The molecule has 1 aromatic carbocycles. The minimum absolute atomic E-state index is 0.0716. The zero-order valence-corrected chi connectivity index (χ0v) is 19.7. The molecule has 1 aliphatic heterocycles. The van der Waals surface area contributed by atoms with E-state index in [1.165, 1.54) is 40.0 Å². The molecule has 3 heterocycles. The molecule has 188 valence electrons. The number of hydrogen-bond acceptors (Lipinski definition) is 6. The van der Waals surface area contributed by atoms with Crippen molar-refractivity contribution in [3.63, 3.8) is 0 Å². The molecule has 1 aliphatic rings. The summed E-state index contributed by atoms with van der Waals surface area (Å²) in [7, 11) is 0. The van der Waals surface area contributed by atoms with E-state index in [1.54, 1.807) is 17.8 Å². The number of anilines is 2. The van der Waals surface area contributed by atoms with Crippen LogP contribution in [-0.4, -0.2) is 53.7 Å². The number of carbonyl (C=O) groups is 2. The number of benzene rings is 1. The van der Waals surface area contributed by atoms with E-state index < -0.39 is 35.3 Å². The number of nitrogens with two attached hydrogens (primary N) is 1. The number of likely N-dealkylation sites (tertiary alicyclic amines) is 1. The lowest BCUT2D eigenvalue weighted by Gasteiger charge is -2.50. The van der Waals surface area contributed by atoms with Crippen molar-refractivity contribution in [1.29, 1.82) is 5.26 Å². The Hall–Kier alpha value is -4.40. The summed E-state index contributed by atoms with van der Waals surface area (Å²) in [4.78, 5) is 25.9. The van der Waals surface area contributed by atoms with Crippen LogP contribution in [0.3, 0.4) is 0 Å². The van der Waals surface area contributed by atoms with Crippen LogP contribution < -0.4 is 11.1 Å². The lowest BCUT2D eigenvalue weighted by molar-refractivity contribution is -0.00695. The van der Waals surface area contributed by atoms with E-state index in [1.807, 2.05) is 12.3 Å². The number of primary amides is 1. The van der Waals surface area contributed by atoms with Crippen LogP contribution in [0.5, 0.6) is 0 Å². The molecular weight excluding hydrogens is 467 g/mol. The number of aromatic nitrogens is 4. The summed E-state index contributed by atoms with van der Waals surface area (Å²) in [6, 6.07) is 8.93. The fraction of sp³-hybridized carbons (Fsp3) is 0.375. The SMILES string of the molecule is CC1(CCCn2cccn2)[C@H](n2cc(C(N)=O)c(Nc3ccc(F)cc3)n2)[C@@H](C#N)CCN1C(=O)O. The minimum atomic E-state index is -1.09. The highest BCUT2D eigenvalue weighted by Gasteiger charge is 2.51. The van der Waals surface area contributed by atoms with Crippen LogP contribution in [0.25, 0.3) is 0 Å². The van der Waals surface area contributed by atoms with Gasteiger partial charge in [0.05, 0.1) is 23.6 Å². The normalized spacial score (nSPS) is 21.6. The van der Waals surface area contributed by atoms with Gasteiger partial charge in [0.2, 0.25) is 0 Å². The maximum Gasteiger partial charge on any atom is 0.407 e. The predicted octanol–water partition coefficient (Wildman–Crippen LogP) is 3.36. The molecule has 3 aromatic rings. The number of aryl methyl sites for hydroxylation is 1. The Bertz CT molecular complexity index is 1270. The quantitative estimate of drug-likeness (QED) is 0.433. The number of amides is 2.